The van der Waals surface area contributed by atoms with Crippen LogP contribution in [0.1, 0.15) is 25.5 Å². The number of aromatic nitrogens is 2. The molecule has 130 valence electrons. The van der Waals surface area contributed by atoms with Crippen LogP contribution in [0.15, 0.2) is 65.6 Å². The van der Waals surface area contributed by atoms with E-state index in [9.17, 15) is 8.42 Å². The molecule has 0 saturated carbocycles. The predicted octanol–water partition coefficient (Wildman–Crippen LogP) is 4.26. The van der Waals surface area contributed by atoms with E-state index in [2.05, 4.69) is 9.93 Å². The van der Waals surface area contributed by atoms with Crippen molar-refractivity contribution in [3.05, 3.63) is 71.4 Å². The van der Waals surface area contributed by atoms with Gasteiger partial charge in [0.15, 0.2) is 0 Å². The van der Waals surface area contributed by atoms with Crippen LogP contribution in [0.25, 0.3) is 11.3 Å². The summed E-state index contributed by atoms with van der Waals surface area (Å²) in [6.45, 7) is 3.91. The summed E-state index contributed by atoms with van der Waals surface area (Å²) in [6, 6.07) is 17.5. The molecule has 0 aliphatic carbocycles. The fourth-order valence-electron chi connectivity index (χ4n) is 2.46. The quantitative estimate of drug-likeness (QED) is 0.724. The molecule has 1 N–H and O–H groups in total. The van der Waals surface area contributed by atoms with Gasteiger partial charge in [0.1, 0.15) is 5.69 Å². The topological polar surface area (TPSA) is 64.0 Å². The smallest absolute Gasteiger partial charge is 0.200 e. The second-order valence-electron chi connectivity index (χ2n) is 5.89. The van der Waals surface area contributed by atoms with Gasteiger partial charge >= 0.3 is 0 Å². The minimum atomic E-state index is -3.78. The lowest BCUT2D eigenvalue weighted by Crippen LogP contribution is -2.25. The van der Waals surface area contributed by atoms with Crippen LogP contribution in [0.4, 0.5) is 0 Å². The molecule has 5 nitrogen and oxygen atoms in total. The number of sulfonamides is 1. The van der Waals surface area contributed by atoms with E-state index in [1.54, 1.807) is 18.2 Å². The van der Waals surface area contributed by atoms with Crippen LogP contribution in [-0.2, 0) is 10.0 Å². The van der Waals surface area contributed by atoms with Crippen LogP contribution in [0.3, 0.4) is 0 Å². The second kappa shape index (κ2) is 6.90. The largest absolute Gasteiger partial charge is 0.276 e. The van der Waals surface area contributed by atoms with Gasteiger partial charge in [-0.05, 0) is 18.1 Å². The van der Waals surface area contributed by atoms with Crippen molar-refractivity contribution in [1.29, 1.82) is 0 Å². The van der Waals surface area contributed by atoms with Gasteiger partial charge in [-0.2, -0.15) is 23.1 Å². The van der Waals surface area contributed by atoms with Crippen molar-refractivity contribution < 1.29 is 8.42 Å². The number of rotatable bonds is 5. The van der Waals surface area contributed by atoms with Crippen LogP contribution >= 0.6 is 11.6 Å². The van der Waals surface area contributed by atoms with Crippen molar-refractivity contribution in [2.75, 3.05) is 4.83 Å². The summed E-state index contributed by atoms with van der Waals surface area (Å²) in [5, 5.41) is 4.83. The first-order valence-corrected chi connectivity index (χ1v) is 9.68. The van der Waals surface area contributed by atoms with Gasteiger partial charge in [-0.1, -0.05) is 74.0 Å². The van der Waals surface area contributed by atoms with Gasteiger partial charge in [0.05, 0.1) is 15.6 Å². The van der Waals surface area contributed by atoms with Gasteiger partial charge in [0, 0.05) is 5.56 Å². The minimum Gasteiger partial charge on any atom is -0.200 e. The highest BCUT2D eigenvalue weighted by Crippen LogP contribution is 2.34. The SMILES string of the molecule is CC(C)c1nn(NS(=O)(=O)c2ccccc2)c(-c2ccccc2)c1Cl. The first-order valence-electron chi connectivity index (χ1n) is 7.82. The minimum absolute atomic E-state index is 0.0532. The van der Waals surface area contributed by atoms with Gasteiger partial charge in [0.25, 0.3) is 10.0 Å². The lowest BCUT2D eigenvalue weighted by molar-refractivity contribution is 0.591. The fourth-order valence-corrected chi connectivity index (χ4v) is 3.89. The molecule has 0 amide bonds. The summed E-state index contributed by atoms with van der Waals surface area (Å²) in [6.07, 6.45) is 0. The first-order chi connectivity index (χ1) is 11.9. The van der Waals surface area contributed by atoms with Crippen molar-refractivity contribution in [2.24, 2.45) is 0 Å². The van der Waals surface area contributed by atoms with E-state index in [1.807, 2.05) is 44.2 Å². The zero-order chi connectivity index (χ0) is 18.0. The maximum absolute atomic E-state index is 12.7. The molecule has 3 aromatic rings. The van der Waals surface area contributed by atoms with Gasteiger partial charge in [-0.25, -0.2) is 0 Å². The Bertz CT molecular complexity index is 968. The summed E-state index contributed by atoms with van der Waals surface area (Å²) in [4.78, 5) is 3.92. The van der Waals surface area contributed by atoms with Gasteiger partial charge in [0.2, 0.25) is 0 Å². The number of nitrogens with zero attached hydrogens (tertiary/aromatic N) is 2. The second-order valence-corrected chi connectivity index (χ2v) is 7.93. The molecule has 1 heterocycles. The van der Waals surface area contributed by atoms with Crippen LogP contribution in [-0.4, -0.2) is 18.3 Å². The Labute approximate surface area is 152 Å². The third kappa shape index (κ3) is 3.55. The fraction of sp³-hybridized carbons (Fsp3) is 0.167. The summed E-state index contributed by atoms with van der Waals surface area (Å²) in [5.74, 6) is 0.0532. The van der Waals surface area contributed by atoms with E-state index in [-0.39, 0.29) is 10.8 Å². The molecule has 2 aromatic carbocycles. The van der Waals surface area contributed by atoms with E-state index in [0.29, 0.717) is 16.4 Å². The Morgan fingerprint density at radius 2 is 1.56 bits per heavy atom. The summed E-state index contributed by atoms with van der Waals surface area (Å²) < 4.78 is 25.3. The number of hydrogen-bond donors (Lipinski definition) is 1. The molecule has 0 spiro atoms. The number of nitrogens with one attached hydrogen (secondary N) is 1. The molecule has 0 aliphatic rings. The van der Waals surface area contributed by atoms with E-state index in [0.717, 1.165) is 5.56 Å². The molecule has 0 atom stereocenters. The third-order valence-electron chi connectivity index (χ3n) is 3.71. The highest BCUT2D eigenvalue weighted by atomic mass is 35.5. The predicted molar refractivity (Wildman–Crippen MR) is 99.8 cm³/mol. The maximum Gasteiger partial charge on any atom is 0.276 e. The molecule has 0 fully saturated rings. The van der Waals surface area contributed by atoms with Gasteiger partial charge in [-0.3, -0.25) is 0 Å². The Kier molecular flexibility index (Phi) is 4.83. The monoisotopic (exact) mass is 375 g/mol. The lowest BCUT2D eigenvalue weighted by atomic mass is 10.1. The maximum atomic E-state index is 12.7. The normalized spacial score (nSPS) is 11.7. The standard InChI is InChI=1S/C18H18ClN3O2S/c1-13(2)17-16(19)18(14-9-5-3-6-10-14)22(20-17)21-25(23,24)15-11-7-4-8-12-15/h3-13,21H,1-2H3. The molecule has 0 saturated heterocycles. The van der Waals surface area contributed by atoms with Gasteiger partial charge in [-0.15, -0.1) is 0 Å². The lowest BCUT2D eigenvalue weighted by Gasteiger charge is -2.11. The van der Waals surface area contributed by atoms with Crippen LogP contribution in [0, 0.1) is 0 Å². The zero-order valence-electron chi connectivity index (χ0n) is 13.8. The van der Waals surface area contributed by atoms with E-state index < -0.39 is 10.0 Å². The van der Waals surface area contributed by atoms with Crippen molar-refractivity contribution in [2.45, 2.75) is 24.7 Å². The molecule has 0 bridgehead atoms. The molecule has 1 aromatic heterocycles. The van der Waals surface area contributed by atoms with E-state index >= 15 is 0 Å². The molecule has 7 heteroatoms. The first kappa shape index (κ1) is 17.5. The number of halogens is 1. The highest BCUT2D eigenvalue weighted by Gasteiger charge is 2.23. The Balaban J connectivity index is 2.12. The molecule has 0 radical (unpaired) electrons. The average Bonchev–Trinajstić information content (AvgIpc) is 2.92. The van der Waals surface area contributed by atoms with E-state index in [4.69, 9.17) is 11.6 Å². The third-order valence-corrected chi connectivity index (χ3v) is 5.39. The molecular formula is C18H18ClN3O2S. The Morgan fingerprint density at radius 1 is 1.00 bits per heavy atom. The highest BCUT2D eigenvalue weighted by molar-refractivity contribution is 7.92. The summed E-state index contributed by atoms with van der Waals surface area (Å²) >= 11 is 6.52. The van der Waals surface area contributed by atoms with Crippen molar-refractivity contribution in [3.8, 4) is 11.3 Å². The van der Waals surface area contributed by atoms with Crippen molar-refractivity contribution >= 4 is 21.6 Å². The molecule has 0 aliphatic heterocycles. The Hall–Kier alpha value is -2.31. The van der Waals surface area contributed by atoms with Crippen LogP contribution in [0.5, 0.6) is 0 Å². The molecular weight excluding hydrogens is 358 g/mol. The summed E-state index contributed by atoms with van der Waals surface area (Å²) in [7, 11) is -3.78. The van der Waals surface area contributed by atoms with Crippen molar-refractivity contribution in [3.63, 3.8) is 0 Å². The van der Waals surface area contributed by atoms with E-state index in [1.165, 1.54) is 16.9 Å². The molecule has 25 heavy (non-hydrogen) atoms. The van der Waals surface area contributed by atoms with Crippen LogP contribution in [0.2, 0.25) is 5.02 Å². The average molecular weight is 376 g/mol. The van der Waals surface area contributed by atoms with Gasteiger partial charge < -0.3 is 0 Å². The van der Waals surface area contributed by atoms with Crippen LogP contribution < -0.4 is 4.83 Å². The summed E-state index contributed by atoms with van der Waals surface area (Å²) in [5.41, 5.74) is 1.93. The molecule has 3 rings (SSSR count). The molecule has 0 unspecified atom stereocenters. The van der Waals surface area contributed by atoms with Crippen molar-refractivity contribution in [1.82, 2.24) is 9.89 Å². The Morgan fingerprint density at radius 3 is 2.12 bits per heavy atom. The number of benzene rings is 2. The number of hydrogen-bond acceptors (Lipinski definition) is 3. The zero-order valence-corrected chi connectivity index (χ0v) is 15.4.